The molecule has 0 aliphatic heterocycles. The molecule has 0 radical (unpaired) electrons. The van der Waals surface area contributed by atoms with Gasteiger partial charge in [-0.05, 0) is 24.6 Å². The van der Waals surface area contributed by atoms with Gasteiger partial charge in [-0.15, -0.1) is 0 Å². The molecule has 1 atom stereocenters. The Labute approximate surface area is 153 Å². The van der Waals surface area contributed by atoms with Crippen LogP contribution in [-0.2, 0) is 5.75 Å². The summed E-state index contributed by atoms with van der Waals surface area (Å²) in [6, 6.07) is 7.16. The summed E-state index contributed by atoms with van der Waals surface area (Å²) in [6.07, 6.45) is 0. The standard InChI is InChI=1S/C15H15ClN4O2S2/c1-9(7-21)18-13-12(24-17-2)14(22)20-15(19-13)23-8-10-4-3-5-11(16)6-10/h3-6,9,21H,7-8H2,1H3,(H2,18,19,20,22)/t9-/m1/s1. The maximum atomic E-state index is 12.2. The van der Waals surface area contributed by atoms with Crippen molar-refractivity contribution in [3.05, 3.63) is 56.0 Å². The van der Waals surface area contributed by atoms with Crippen LogP contribution >= 0.6 is 35.3 Å². The Morgan fingerprint density at radius 2 is 2.33 bits per heavy atom. The molecule has 0 saturated heterocycles. The topological polar surface area (TPSA) is 82.4 Å². The Hall–Kier alpha value is -1.66. The lowest BCUT2D eigenvalue weighted by Crippen LogP contribution is -2.23. The smallest absolute Gasteiger partial charge is 0.304 e. The molecule has 0 unspecified atom stereocenters. The van der Waals surface area contributed by atoms with E-state index in [9.17, 15) is 9.90 Å². The molecule has 1 heterocycles. The number of thioether (sulfide) groups is 1. The van der Waals surface area contributed by atoms with E-state index < -0.39 is 0 Å². The van der Waals surface area contributed by atoms with Gasteiger partial charge in [0.25, 0.3) is 5.56 Å². The van der Waals surface area contributed by atoms with Crippen LogP contribution in [0.4, 0.5) is 5.82 Å². The molecule has 0 amide bonds. The molecule has 1 aromatic heterocycles. The van der Waals surface area contributed by atoms with Crippen molar-refractivity contribution in [3.63, 3.8) is 0 Å². The molecule has 0 spiro atoms. The second kappa shape index (κ2) is 8.99. The van der Waals surface area contributed by atoms with Gasteiger partial charge < -0.3 is 15.4 Å². The lowest BCUT2D eigenvalue weighted by atomic mass is 10.2. The van der Waals surface area contributed by atoms with Crippen LogP contribution in [0.5, 0.6) is 0 Å². The number of hydrogen-bond donors (Lipinski definition) is 3. The summed E-state index contributed by atoms with van der Waals surface area (Å²) in [5, 5.41) is 13.2. The van der Waals surface area contributed by atoms with E-state index in [1.807, 2.05) is 18.2 Å². The van der Waals surface area contributed by atoms with Crippen molar-refractivity contribution in [2.24, 2.45) is 0 Å². The van der Waals surface area contributed by atoms with E-state index in [1.165, 1.54) is 11.8 Å². The van der Waals surface area contributed by atoms with Gasteiger partial charge in [0.05, 0.1) is 6.61 Å². The van der Waals surface area contributed by atoms with E-state index in [0.717, 1.165) is 17.5 Å². The summed E-state index contributed by atoms with van der Waals surface area (Å²) in [6.45, 7) is 8.59. The van der Waals surface area contributed by atoms with Crippen molar-refractivity contribution >= 4 is 41.1 Å². The third-order valence-corrected chi connectivity index (χ3v) is 4.75. The second-order valence-electron chi connectivity index (χ2n) is 4.88. The Morgan fingerprint density at radius 1 is 1.54 bits per heavy atom. The zero-order valence-electron chi connectivity index (χ0n) is 12.7. The third kappa shape index (κ3) is 5.18. The summed E-state index contributed by atoms with van der Waals surface area (Å²) in [5.41, 5.74) is 0.625. The molecular weight excluding hydrogens is 368 g/mol. The van der Waals surface area contributed by atoms with Gasteiger partial charge in [-0.25, -0.2) is 15.8 Å². The first-order chi connectivity index (χ1) is 11.5. The van der Waals surface area contributed by atoms with Crippen molar-refractivity contribution in [2.75, 3.05) is 11.9 Å². The number of benzene rings is 1. The quantitative estimate of drug-likeness (QED) is 0.294. The van der Waals surface area contributed by atoms with Crippen LogP contribution in [0.1, 0.15) is 12.5 Å². The highest BCUT2D eigenvalue weighted by Gasteiger charge is 2.18. The first-order valence-electron chi connectivity index (χ1n) is 6.96. The number of aliphatic hydroxyl groups is 1. The zero-order valence-corrected chi connectivity index (χ0v) is 15.1. The van der Waals surface area contributed by atoms with E-state index in [-0.39, 0.29) is 23.1 Å². The average Bonchev–Trinajstić information content (AvgIpc) is 2.56. The van der Waals surface area contributed by atoms with Crippen LogP contribution in [0.25, 0.3) is 4.25 Å². The molecule has 2 aromatic rings. The van der Waals surface area contributed by atoms with Gasteiger partial charge in [-0.1, -0.05) is 35.5 Å². The Balaban J connectivity index is 2.24. The third-order valence-electron chi connectivity index (χ3n) is 2.91. The van der Waals surface area contributed by atoms with Crippen molar-refractivity contribution in [3.8, 4) is 0 Å². The van der Waals surface area contributed by atoms with Crippen molar-refractivity contribution in [1.82, 2.24) is 9.97 Å². The predicted molar refractivity (Wildman–Crippen MR) is 98.5 cm³/mol. The van der Waals surface area contributed by atoms with E-state index in [4.69, 9.17) is 18.2 Å². The maximum Gasteiger partial charge on any atom is 0.304 e. The lowest BCUT2D eigenvalue weighted by Gasteiger charge is -2.13. The monoisotopic (exact) mass is 382 g/mol. The predicted octanol–water partition coefficient (Wildman–Crippen LogP) is 3.43. The first-order valence-corrected chi connectivity index (χ1v) is 9.10. The van der Waals surface area contributed by atoms with E-state index in [2.05, 4.69) is 19.5 Å². The minimum absolute atomic E-state index is 0.110. The fourth-order valence-electron chi connectivity index (χ4n) is 1.80. The number of aromatic amines is 1. The zero-order chi connectivity index (χ0) is 17.5. The van der Waals surface area contributed by atoms with Gasteiger partial charge in [0.15, 0.2) is 15.9 Å². The SMILES string of the molecule is [C-]#[N+]Sc1c(N[C@H](C)CO)nc(SCc2cccc(Cl)c2)[nH]c1=O. The number of halogens is 1. The molecule has 2 rings (SSSR count). The van der Waals surface area contributed by atoms with Gasteiger partial charge in [-0.2, -0.15) is 0 Å². The molecule has 6 nitrogen and oxygen atoms in total. The first kappa shape index (κ1) is 18.7. The largest absolute Gasteiger partial charge is 0.394 e. The minimum Gasteiger partial charge on any atom is -0.394 e. The number of nitrogens with zero attached hydrogens (tertiary/aromatic N) is 2. The average molecular weight is 383 g/mol. The molecule has 126 valence electrons. The Morgan fingerprint density at radius 3 is 3.00 bits per heavy atom. The van der Waals surface area contributed by atoms with Gasteiger partial charge in [-0.3, -0.25) is 4.79 Å². The molecule has 1 aromatic carbocycles. The summed E-state index contributed by atoms with van der Waals surface area (Å²) in [7, 11) is 0. The van der Waals surface area contributed by atoms with E-state index in [1.54, 1.807) is 13.0 Å². The number of aliphatic hydroxyl groups excluding tert-OH is 1. The van der Waals surface area contributed by atoms with E-state index in [0.29, 0.717) is 21.7 Å². The molecule has 0 fully saturated rings. The van der Waals surface area contributed by atoms with Gasteiger partial charge >= 0.3 is 11.9 Å². The summed E-state index contributed by atoms with van der Waals surface area (Å²) in [5.74, 6) is 0.892. The summed E-state index contributed by atoms with van der Waals surface area (Å²) < 4.78 is 3.18. The molecule has 3 N–H and O–H groups in total. The molecule has 0 aliphatic rings. The highest BCUT2D eigenvalue weighted by Crippen LogP contribution is 2.27. The molecule has 0 saturated carbocycles. The fourth-order valence-corrected chi connectivity index (χ4v) is 3.23. The van der Waals surface area contributed by atoms with Crippen LogP contribution in [0.3, 0.4) is 0 Å². The molecule has 0 bridgehead atoms. The normalized spacial score (nSPS) is 11.8. The van der Waals surface area contributed by atoms with Crippen LogP contribution < -0.4 is 10.9 Å². The fraction of sp³-hybridized carbons (Fsp3) is 0.267. The number of nitrogens with one attached hydrogen (secondary N) is 2. The number of anilines is 1. The molecular formula is C15H15ClN4O2S2. The van der Waals surface area contributed by atoms with Crippen LogP contribution in [0.15, 0.2) is 39.1 Å². The maximum absolute atomic E-state index is 12.2. The summed E-state index contributed by atoms with van der Waals surface area (Å²) >= 11 is 8.04. The van der Waals surface area contributed by atoms with E-state index >= 15 is 0 Å². The Bertz CT molecular complexity index is 807. The highest BCUT2D eigenvalue weighted by molar-refractivity contribution is 8.01. The molecule has 24 heavy (non-hydrogen) atoms. The minimum atomic E-state index is -0.382. The van der Waals surface area contributed by atoms with Gasteiger partial charge in [0, 0.05) is 16.8 Å². The van der Waals surface area contributed by atoms with Crippen molar-refractivity contribution in [1.29, 1.82) is 0 Å². The Kier molecular flexibility index (Phi) is 6.99. The van der Waals surface area contributed by atoms with Crippen LogP contribution in [0, 0.1) is 6.57 Å². The number of aromatic nitrogens is 2. The van der Waals surface area contributed by atoms with Crippen molar-refractivity contribution in [2.45, 2.75) is 28.8 Å². The van der Waals surface area contributed by atoms with Crippen molar-refractivity contribution < 1.29 is 5.11 Å². The number of rotatable bonds is 7. The van der Waals surface area contributed by atoms with Gasteiger partial charge in [0.2, 0.25) is 0 Å². The van der Waals surface area contributed by atoms with Crippen LogP contribution in [-0.4, -0.2) is 27.7 Å². The molecule has 0 aliphatic carbocycles. The highest BCUT2D eigenvalue weighted by atomic mass is 35.5. The number of H-pyrrole nitrogens is 1. The second-order valence-corrected chi connectivity index (χ2v) is 7.05. The molecule has 9 heteroatoms. The number of hydrogen-bond acceptors (Lipinski definition) is 6. The lowest BCUT2D eigenvalue weighted by molar-refractivity contribution is 0.281. The summed E-state index contributed by atoms with van der Waals surface area (Å²) in [4.78, 5) is 19.4. The van der Waals surface area contributed by atoms with Crippen LogP contribution in [0.2, 0.25) is 5.02 Å². The van der Waals surface area contributed by atoms with Gasteiger partial charge in [0.1, 0.15) is 0 Å².